The average Bonchev–Trinajstić information content (AvgIpc) is 3.18. The lowest BCUT2D eigenvalue weighted by Gasteiger charge is -2.22. The Morgan fingerprint density at radius 1 is 1.10 bits per heavy atom. The molecule has 2 aromatic rings. The zero-order chi connectivity index (χ0) is 22.4. The molecule has 168 valence electrons. The van der Waals surface area contributed by atoms with Crippen LogP contribution in [0, 0.1) is 13.8 Å². The first-order valence-corrected chi connectivity index (χ1v) is 11.9. The second-order valence-corrected chi connectivity index (χ2v) is 9.33. The Morgan fingerprint density at radius 3 is 2.61 bits per heavy atom. The number of aryl methyl sites for hydroxylation is 2. The van der Waals surface area contributed by atoms with Crippen LogP contribution in [0.3, 0.4) is 0 Å². The first-order chi connectivity index (χ1) is 14.7. The van der Waals surface area contributed by atoms with E-state index in [0.717, 1.165) is 17.6 Å². The summed E-state index contributed by atoms with van der Waals surface area (Å²) in [6.07, 6.45) is 1.73. The van der Waals surface area contributed by atoms with E-state index in [1.807, 2.05) is 32.0 Å². The Morgan fingerprint density at radius 2 is 1.87 bits per heavy atom. The molecule has 1 N–H and O–H groups in total. The van der Waals surface area contributed by atoms with E-state index < -0.39 is 10.0 Å². The number of sulfonamides is 1. The fourth-order valence-electron chi connectivity index (χ4n) is 3.16. The lowest BCUT2D eigenvalue weighted by molar-refractivity contribution is -0.121. The maximum absolute atomic E-state index is 12.2. The summed E-state index contributed by atoms with van der Waals surface area (Å²) >= 11 is 0. The molecule has 0 atom stereocenters. The van der Waals surface area contributed by atoms with E-state index >= 15 is 0 Å². The second-order valence-electron chi connectivity index (χ2n) is 7.42. The van der Waals surface area contributed by atoms with Gasteiger partial charge in [-0.1, -0.05) is 6.07 Å². The molecule has 1 aliphatic rings. The number of anilines is 1. The van der Waals surface area contributed by atoms with Crippen molar-refractivity contribution in [3.63, 3.8) is 0 Å². The van der Waals surface area contributed by atoms with Gasteiger partial charge < -0.3 is 19.5 Å². The molecule has 1 aliphatic heterocycles. The molecule has 0 saturated heterocycles. The summed E-state index contributed by atoms with van der Waals surface area (Å²) < 4.78 is 42.0. The number of hydrogen-bond acceptors (Lipinski definition) is 6. The maximum atomic E-state index is 12.2. The molecule has 1 heterocycles. The van der Waals surface area contributed by atoms with E-state index in [9.17, 15) is 13.2 Å². The molecule has 0 fully saturated rings. The van der Waals surface area contributed by atoms with E-state index in [2.05, 4.69) is 5.32 Å². The van der Waals surface area contributed by atoms with Gasteiger partial charge in [-0.2, -0.15) is 0 Å². The number of carbonyl (C=O) groups excluding carboxylic acids is 1. The van der Waals surface area contributed by atoms with Gasteiger partial charge in [0.25, 0.3) is 0 Å². The fraction of sp³-hybridized carbons (Fsp3) is 0.409. The topological polar surface area (TPSA) is 94.2 Å². The molecule has 3 rings (SSSR count). The summed E-state index contributed by atoms with van der Waals surface area (Å²) in [6.45, 7) is 5.10. The van der Waals surface area contributed by atoms with Crippen LogP contribution in [0.2, 0.25) is 0 Å². The van der Waals surface area contributed by atoms with E-state index in [4.69, 9.17) is 14.2 Å². The summed E-state index contributed by atoms with van der Waals surface area (Å²) in [5.74, 6) is 1.71. The minimum absolute atomic E-state index is 0.116. The van der Waals surface area contributed by atoms with Crippen LogP contribution < -0.4 is 23.8 Å². The number of rotatable bonds is 10. The highest BCUT2D eigenvalue weighted by Gasteiger charge is 2.21. The van der Waals surface area contributed by atoms with Crippen LogP contribution in [0.15, 0.2) is 36.4 Å². The van der Waals surface area contributed by atoms with Gasteiger partial charge in [-0.3, -0.25) is 9.10 Å². The third-order valence-electron chi connectivity index (χ3n) is 4.98. The molecule has 0 aromatic heterocycles. The number of fused-ring (bicyclic) bond motifs is 1. The molecule has 8 nitrogen and oxygen atoms in total. The van der Waals surface area contributed by atoms with Crippen molar-refractivity contribution in [2.75, 3.05) is 37.1 Å². The third kappa shape index (κ3) is 6.27. The van der Waals surface area contributed by atoms with Gasteiger partial charge in [-0.25, -0.2) is 8.42 Å². The van der Waals surface area contributed by atoms with Gasteiger partial charge >= 0.3 is 0 Å². The van der Waals surface area contributed by atoms with Crippen molar-refractivity contribution >= 4 is 21.6 Å². The van der Waals surface area contributed by atoms with Crippen LogP contribution in [-0.2, 0) is 14.8 Å². The van der Waals surface area contributed by atoms with E-state index in [0.29, 0.717) is 36.8 Å². The van der Waals surface area contributed by atoms with Gasteiger partial charge in [0.1, 0.15) is 12.4 Å². The second kappa shape index (κ2) is 9.91. The van der Waals surface area contributed by atoms with Gasteiger partial charge in [0.2, 0.25) is 22.7 Å². The molecule has 0 radical (unpaired) electrons. The van der Waals surface area contributed by atoms with E-state index in [1.165, 1.54) is 9.87 Å². The quantitative estimate of drug-likeness (QED) is 0.562. The Labute approximate surface area is 183 Å². The van der Waals surface area contributed by atoms with Crippen molar-refractivity contribution in [2.45, 2.75) is 26.7 Å². The Bertz CT molecular complexity index is 1040. The Kier molecular flexibility index (Phi) is 7.27. The predicted molar refractivity (Wildman–Crippen MR) is 118 cm³/mol. The van der Waals surface area contributed by atoms with Gasteiger partial charge in [-0.15, -0.1) is 0 Å². The molecule has 9 heteroatoms. The molecular weight excluding hydrogens is 420 g/mol. The van der Waals surface area contributed by atoms with E-state index in [1.54, 1.807) is 18.2 Å². The van der Waals surface area contributed by atoms with Gasteiger partial charge in [-0.05, 0) is 55.7 Å². The number of hydrogen-bond donors (Lipinski definition) is 1. The largest absolute Gasteiger partial charge is 0.492 e. The highest BCUT2D eigenvalue weighted by atomic mass is 32.2. The summed E-state index contributed by atoms with van der Waals surface area (Å²) in [4.78, 5) is 12.1. The number of ether oxygens (including phenoxy) is 3. The van der Waals surface area contributed by atoms with Gasteiger partial charge in [0.15, 0.2) is 11.5 Å². The number of benzene rings is 2. The van der Waals surface area contributed by atoms with Crippen LogP contribution >= 0.6 is 0 Å². The van der Waals surface area contributed by atoms with Crippen LogP contribution in [0.25, 0.3) is 0 Å². The molecule has 0 saturated carbocycles. The number of amides is 1. The van der Waals surface area contributed by atoms with Crippen molar-refractivity contribution in [3.05, 3.63) is 47.5 Å². The summed E-state index contributed by atoms with van der Waals surface area (Å²) in [6, 6.07) is 10.8. The summed E-state index contributed by atoms with van der Waals surface area (Å²) in [5, 5.41) is 2.80. The van der Waals surface area contributed by atoms with Crippen molar-refractivity contribution in [2.24, 2.45) is 0 Å². The molecule has 31 heavy (non-hydrogen) atoms. The van der Waals surface area contributed by atoms with Gasteiger partial charge in [0, 0.05) is 19.0 Å². The smallest absolute Gasteiger partial charge is 0.232 e. The normalized spacial score (nSPS) is 12.5. The Hall–Kier alpha value is -2.94. The number of nitrogens with zero attached hydrogens (tertiary/aromatic N) is 1. The van der Waals surface area contributed by atoms with Crippen molar-refractivity contribution < 1.29 is 27.4 Å². The minimum Gasteiger partial charge on any atom is -0.492 e. The van der Waals surface area contributed by atoms with Crippen molar-refractivity contribution in [1.29, 1.82) is 0 Å². The molecular formula is C22H28N2O6S. The molecule has 0 bridgehead atoms. The molecule has 0 aliphatic carbocycles. The SMILES string of the molecule is Cc1ccc(OCCNC(=O)CCCN(c2ccc3c(c2)OCO3)S(C)(=O)=O)cc1C. The summed E-state index contributed by atoms with van der Waals surface area (Å²) in [5.41, 5.74) is 2.83. The van der Waals surface area contributed by atoms with Crippen LogP contribution in [-0.4, -0.2) is 47.1 Å². The van der Waals surface area contributed by atoms with E-state index in [-0.39, 0.29) is 25.7 Å². The predicted octanol–water partition coefficient (Wildman–Crippen LogP) is 2.77. The van der Waals surface area contributed by atoms with Crippen LogP contribution in [0.4, 0.5) is 5.69 Å². The first-order valence-electron chi connectivity index (χ1n) is 10.1. The highest BCUT2D eigenvalue weighted by molar-refractivity contribution is 7.92. The van der Waals surface area contributed by atoms with Gasteiger partial charge in [0.05, 0.1) is 18.5 Å². The number of nitrogens with one attached hydrogen (secondary N) is 1. The van der Waals surface area contributed by atoms with Crippen molar-refractivity contribution in [3.8, 4) is 17.2 Å². The maximum Gasteiger partial charge on any atom is 0.232 e. The summed E-state index contributed by atoms with van der Waals surface area (Å²) in [7, 11) is -3.51. The fourth-order valence-corrected chi connectivity index (χ4v) is 4.12. The minimum atomic E-state index is -3.51. The standard InChI is InChI=1S/C22H28N2O6S/c1-16-6-8-19(13-17(16)2)28-12-10-23-22(25)5-4-11-24(31(3,26)27)18-7-9-20-21(14-18)30-15-29-20/h6-9,13-14H,4-5,10-12,15H2,1-3H3,(H,23,25). The highest BCUT2D eigenvalue weighted by Crippen LogP contribution is 2.36. The van der Waals surface area contributed by atoms with Crippen molar-refractivity contribution in [1.82, 2.24) is 5.32 Å². The molecule has 0 unspecified atom stereocenters. The average molecular weight is 449 g/mol. The Balaban J connectivity index is 1.43. The zero-order valence-corrected chi connectivity index (χ0v) is 18.8. The molecule has 2 aromatic carbocycles. The molecule has 1 amide bonds. The third-order valence-corrected chi connectivity index (χ3v) is 6.17. The van der Waals surface area contributed by atoms with Crippen LogP contribution in [0.1, 0.15) is 24.0 Å². The van der Waals surface area contributed by atoms with Crippen LogP contribution in [0.5, 0.6) is 17.2 Å². The first kappa shape index (κ1) is 22.7. The molecule has 0 spiro atoms. The zero-order valence-electron chi connectivity index (χ0n) is 18.0. The lowest BCUT2D eigenvalue weighted by Crippen LogP contribution is -2.32. The monoisotopic (exact) mass is 448 g/mol. The lowest BCUT2D eigenvalue weighted by atomic mass is 10.1. The number of carbonyl (C=O) groups is 1.